The van der Waals surface area contributed by atoms with Crippen LogP contribution in [0.3, 0.4) is 0 Å². The van der Waals surface area contributed by atoms with Crippen LogP contribution in [0.4, 0.5) is 0 Å². The van der Waals surface area contributed by atoms with Crippen LogP contribution < -0.4 is 10.1 Å². The summed E-state index contributed by atoms with van der Waals surface area (Å²) in [6.45, 7) is 4.92. The number of sulfone groups is 1. The fourth-order valence-corrected chi connectivity index (χ4v) is 2.47. The lowest BCUT2D eigenvalue weighted by Crippen LogP contribution is -2.15. The van der Waals surface area contributed by atoms with E-state index in [-0.39, 0.29) is 0 Å². The maximum atomic E-state index is 11.4. The number of rotatable bonds is 10. The van der Waals surface area contributed by atoms with Crippen molar-refractivity contribution in [2.24, 2.45) is 0 Å². The van der Waals surface area contributed by atoms with Crippen LogP contribution in [0.1, 0.15) is 32.6 Å². The molecule has 114 valence electrons. The second-order valence-corrected chi connectivity index (χ2v) is 6.92. The Balaban J connectivity index is 2.22. The predicted molar refractivity (Wildman–Crippen MR) is 82.1 cm³/mol. The monoisotopic (exact) mass is 299 g/mol. The smallest absolute Gasteiger partial charge is 0.175 e. The molecular formula is C15H25NO3S. The minimum Gasteiger partial charge on any atom is -0.494 e. The third-order valence-electron chi connectivity index (χ3n) is 2.93. The Kier molecular flexibility index (Phi) is 7.62. The van der Waals surface area contributed by atoms with Crippen molar-refractivity contribution >= 4 is 9.84 Å². The van der Waals surface area contributed by atoms with Gasteiger partial charge >= 0.3 is 0 Å². The van der Waals surface area contributed by atoms with Crippen LogP contribution in [-0.2, 0) is 9.84 Å². The topological polar surface area (TPSA) is 55.4 Å². The minimum atomic E-state index is -3.16. The van der Waals surface area contributed by atoms with E-state index >= 15 is 0 Å². The summed E-state index contributed by atoms with van der Waals surface area (Å²) in [5.41, 5.74) is 0. The summed E-state index contributed by atoms with van der Waals surface area (Å²) in [5, 5.41) is 3.36. The van der Waals surface area contributed by atoms with Crippen LogP contribution >= 0.6 is 0 Å². The maximum absolute atomic E-state index is 11.4. The van der Waals surface area contributed by atoms with E-state index in [2.05, 4.69) is 12.2 Å². The predicted octanol–water partition coefficient (Wildman–Crippen LogP) is 2.64. The largest absolute Gasteiger partial charge is 0.494 e. The molecule has 1 N–H and O–H groups in total. The normalized spacial score (nSPS) is 11.5. The molecule has 0 saturated carbocycles. The van der Waals surface area contributed by atoms with Crippen LogP contribution in [0.15, 0.2) is 29.2 Å². The molecule has 5 heteroatoms. The average molecular weight is 299 g/mol. The number of nitrogens with one attached hydrogen (secondary N) is 1. The quantitative estimate of drug-likeness (QED) is 0.675. The fraction of sp³-hybridized carbons (Fsp3) is 0.600. The first kappa shape index (κ1) is 17.0. The molecule has 0 bridgehead atoms. The van der Waals surface area contributed by atoms with Crippen molar-refractivity contribution in [2.75, 3.05) is 26.0 Å². The molecule has 4 nitrogen and oxygen atoms in total. The molecule has 0 aliphatic heterocycles. The van der Waals surface area contributed by atoms with Gasteiger partial charge in [0.15, 0.2) is 9.84 Å². The highest BCUT2D eigenvalue weighted by Crippen LogP contribution is 2.17. The summed E-state index contributed by atoms with van der Waals surface area (Å²) >= 11 is 0. The number of hydrogen-bond donors (Lipinski definition) is 1. The van der Waals surface area contributed by atoms with E-state index in [0.29, 0.717) is 17.3 Å². The Morgan fingerprint density at radius 2 is 1.95 bits per heavy atom. The fourth-order valence-electron chi connectivity index (χ4n) is 1.82. The molecule has 0 amide bonds. The third-order valence-corrected chi connectivity index (χ3v) is 4.04. The Bertz CT molecular complexity index is 486. The molecule has 1 rings (SSSR count). The van der Waals surface area contributed by atoms with Gasteiger partial charge in [0.2, 0.25) is 0 Å². The second kappa shape index (κ2) is 8.97. The lowest BCUT2D eigenvalue weighted by atomic mass is 10.2. The van der Waals surface area contributed by atoms with E-state index < -0.39 is 9.84 Å². The standard InChI is InChI=1S/C15H25NO3S/c1-3-10-16-11-5-4-6-12-19-14-8-7-9-15(13-14)20(2,17)18/h7-9,13,16H,3-6,10-12H2,1-2H3. The third kappa shape index (κ3) is 6.91. The van der Waals surface area contributed by atoms with E-state index in [9.17, 15) is 8.42 Å². The molecule has 0 heterocycles. The summed E-state index contributed by atoms with van der Waals surface area (Å²) < 4.78 is 28.4. The molecule has 1 aromatic rings. The molecule has 0 aliphatic rings. The zero-order chi connectivity index (χ0) is 14.8. The minimum absolute atomic E-state index is 0.304. The molecule has 0 unspecified atom stereocenters. The lowest BCUT2D eigenvalue weighted by Gasteiger charge is -2.07. The van der Waals surface area contributed by atoms with Crippen molar-refractivity contribution in [3.8, 4) is 5.75 Å². The van der Waals surface area contributed by atoms with Crippen LogP contribution in [0, 0.1) is 0 Å². The van der Waals surface area contributed by atoms with Crippen molar-refractivity contribution in [3.63, 3.8) is 0 Å². The summed E-state index contributed by atoms with van der Waals surface area (Å²) in [5.74, 6) is 0.622. The second-order valence-electron chi connectivity index (χ2n) is 4.91. The number of benzene rings is 1. The van der Waals surface area contributed by atoms with Crippen molar-refractivity contribution in [3.05, 3.63) is 24.3 Å². The molecule has 0 fully saturated rings. The van der Waals surface area contributed by atoms with Gasteiger partial charge in [0, 0.05) is 6.26 Å². The highest BCUT2D eigenvalue weighted by molar-refractivity contribution is 7.90. The maximum Gasteiger partial charge on any atom is 0.175 e. The van der Waals surface area contributed by atoms with E-state index in [4.69, 9.17) is 4.74 Å². The van der Waals surface area contributed by atoms with Crippen molar-refractivity contribution in [1.82, 2.24) is 5.32 Å². The van der Waals surface area contributed by atoms with E-state index in [1.54, 1.807) is 24.3 Å². The van der Waals surface area contributed by atoms with E-state index in [0.717, 1.165) is 32.4 Å². The first-order chi connectivity index (χ1) is 9.54. The van der Waals surface area contributed by atoms with Gasteiger partial charge in [-0.2, -0.15) is 0 Å². The van der Waals surface area contributed by atoms with Gasteiger partial charge in [0.05, 0.1) is 11.5 Å². The van der Waals surface area contributed by atoms with Crippen LogP contribution in [0.5, 0.6) is 5.75 Å². The summed E-state index contributed by atoms with van der Waals surface area (Å²) in [6.07, 6.45) is 5.61. The van der Waals surface area contributed by atoms with Gasteiger partial charge in [-0.15, -0.1) is 0 Å². The van der Waals surface area contributed by atoms with Crippen molar-refractivity contribution in [1.29, 1.82) is 0 Å². The van der Waals surface area contributed by atoms with Gasteiger partial charge < -0.3 is 10.1 Å². The van der Waals surface area contributed by atoms with Gasteiger partial charge in [-0.05, 0) is 57.0 Å². The molecule has 0 aliphatic carbocycles. The lowest BCUT2D eigenvalue weighted by molar-refractivity contribution is 0.304. The molecule has 1 aromatic carbocycles. The Hall–Kier alpha value is -1.07. The summed E-state index contributed by atoms with van der Waals surface area (Å²) in [4.78, 5) is 0.304. The first-order valence-corrected chi connectivity index (χ1v) is 9.07. The molecule has 20 heavy (non-hydrogen) atoms. The zero-order valence-corrected chi connectivity index (χ0v) is 13.2. The average Bonchev–Trinajstić information content (AvgIpc) is 2.41. The van der Waals surface area contributed by atoms with E-state index in [1.165, 1.54) is 12.7 Å². The number of ether oxygens (including phenoxy) is 1. The highest BCUT2D eigenvalue weighted by Gasteiger charge is 2.07. The molecule has 0 atom stereocenters. The van der Waals surface area contributed by atoms with Crippen LogP contribution in [-0.4, -0.2) is 34.4 Å². The van der Waals surface area contributed by atoms with Gasteiger partial charge in [-0.25, -0.2) is 8.42 Å². The van der Waals surface area contributed by atoms with Crippen LogP contribution in [0.25, 0.3) is 0 Å². The molecule has 0 radical (unpaired) electrons. The first-order valence-electron chi connectivity index (χ1n) is 7.17. The van der Waals surface area contributed by atoms with E-state index in [1.807, 2.05) is 0 Å². The Morgan fingerprint density at radius 1 is 1.15 bits per heavy atom. The number of unbranched alkanes of at least 4 members (excludes halogenated alkanes) is 2. The Labute approximate surface area is 122 Å². The van der Waals surface area contributed by atoms with Crippen molar-refractivity contribution < 1.29 is 13.2 Å². The molecule has 0 saturated heterocycles. The van der Waals surface area contributed by atoms with Crippen molar-refractivity contribution in [2.45, 2.75) is 37.5 Å². The Morgan fingerprint density at radius 3 is 2.65 bits per heavy atom. The highest BCUT2D eigenvalue weighted by atomic mass is 32.2. The van der Waals surface area contributed by atoms with Gasteiger partial charge in [-0.3, -0.25) is 0 Å². The summed E-state index contributed by atoms with van der Waals surface area (Å²) in [7, 11) is -3.16. The van der Waals surface area contributed by atoms with Gasteiger partial charge in [-0.1, -0.05) is 13.0 Å². The molecular weight excluding hydrogens is 274 g/mol. The summed E-state index contributed by atoms with van der Waals surface area (Å²) in [6, 6.07) is 6.66. The van der Waals surface area contributed by atoms with Gasteiger partial charge in [0.25, 0.3) is 0 Å². The van der Waals surface area contributed by atoms with Crippen LogP contribution in [0.2, 0.25) is 0 Å². The van der Waals surface area contributed by atoms with Gasteiger partial charge in [0.1, 0.15) is 5.75 Å². The SMILES string of the molecule is CCCNCCCCCOc1cccc(S(C)(=O)=O)c1. The number of hydrogen-bond acceptors (Lipinski definition) is 4. The zero-order valence-electron chi connectivity index (χ0n) is 12.4. The molecule has 0 aromatic heterocycles. The molecule has 0 spiro atoms.